The van der Waals surface area contributed by atoms with E-state index in [2.05, 4.69) is 19.4 Å². The SMILES string of the molecule is CS(=O)(=O)N(c1ccc2c(c1)S(=O)(=O)N=C(C1=C(O)C3C4CCC(O4)C3N(CCC3CC3)C1=O)N2)c1ccc2c(c1)S(=O)(=O)N=C(C1=C(O)C3C4CCC(O4)C3N(CCC3CC3)C1=O)N2. The third-order valence-electron chi connectivity index (χ3n) is 14.9. The van der Waals surface area contributed by atoms with E-state index in [0.717, 1.165) is 74.1 Å². The smallest absolute Gasteiger partial charge is 0.286 e. The molecule has 4 saturated heterocycles. The van der Waals surface area contributed by atoms with Crippen LogP contribution in [0.1, 0.15) is 64.2 Å². The molecule has 12 rings (SSSR count). The fourth-order valence-corrected chi connectivity index (χ4v) is 14.9. The summed E-state index contributed by atoms with van der Waals surface area (Å²) in [5, 5.41) is 29.1. The summed E-state index contributed by atoms with van der Waals surface area (Å²) in [5.41, 5.74) is -0.919. The van der Waals surface area contributed by atoms with Crippen LogP contribution in [0.2, 0.25) is 0 Å². The van der Waals surface area contributed by atoms with Crippen LogP contribution < -0.4 is 14.9 Å². The number of nitrogens with one attached hydrogen (secondary N) is 2. The summed E-state index contributed by atoms with van der Waals surface area (Å²) in [4.78, 5) is 30.9. The molecule has 8 unspecified atom stereocenters. The van der Waals surface area contributed by atoms with E-state index in [0.29, 0.717) is 37.8 Å². The molecule has 344 valence electrons. The zero-order valence-corrected chi connectivity index (χ0v) is 37.6. The first-order valence-corrected chi connectivity index (χ1v) is 27.0. The van der Waals surface area contributed by atoms with E-state index < -0.39 is 63.5 Å². The van der Waals surface area contributed by atoms with Crippen LogP contribution in [0, 0.1) is 23.7 Å². The molecule has 8 aliphatic heterocycles. The summed E-state index contributed by atoms with van der Waals surface area (Å²) in [6, 6.07) is 6.67. The summed E-state index contributed by atoms with van der Waals surface area (Å²) in [5.74, 6) is -2.42. The van der Waals surface area contributed by atoms with Gasteiger partial charge in [0.2, 0.25) is 10.0 Å². The van der Waals surface area contributed by atoms with Gasteiger partial charge in [0.05, 0.1) is 77.3 Å². The molecule has 4 bridgehead atoms. The number of benzene rings is 2. The summed E-state index contributed by atoms with van der Waals surface area (Å²) in [7, 11) is -13.6. The van der Waals surface area contributed by atoms with Crippen molar-refractivity contribution in [2.75, 3.05) is 34.3 Å². The number of anilines is 4. The summed E-state index contributed by atoms with van der Waals surface area (Å²) >= 11 is 0. The molecular weight excluding hydrogens is 903 g/mol. The maximum atomic E-state index is 14.2. The number of hydrogen-bond donors (Lipinski definition) is 4. The Kier molecular flexibility index (Phi) is 9.07. The van der Waals surface area contributed by atoms with Crippen LogP contribution in [0.25, 0.3) is 0 Å². The molecule has 2 saturated carbocycles. The van der Waals surface area contributed by atoms with Crippen LogP contribution in [0.3, 0.4) is 0 Å². The molecule has 22 heteroatoms. The van der Waals surface area contributed by atoms with Crippen molar-refractivity contribution in [3.63, 3.8) is 0 Å². The molecule has 2 aromatic carbocycles. The van der Waals surface area contributed by atoms with Crippen LogP contribution >= 0.6 is 0 Å². The van der Waals surface area contributed by atoms with Crippen molar-refractivity contribution >= 4 is 76.3 Å². The van der Waals surface area contributed by atoms with Crippen molar-refractivity contribution < 1.29 is 54.5 Å². The first-order valence-electron chi connectivity index (χ1n) is 22.3. The minimum absolute atomic E-state index is 0.0283. The zero-order valence-electron chi connectivity index (χ0n) is 35.2. The van der Waals surface area contributed by atoms with E-state index in [1.54, 1.807) is 9.80 Å². The molecule has 8 atom stereocenters. The van der Waals surface area contributed by atoms with Crippen molar-refractivity contribution in [3.8, 4) is 0 Å². The largest absolute Gasteiger partial charge is 0.511 e. The van der Waals surface area contributed by atoms with Gasteiger partial charge in [0, 0.05) is 13.1 Å². The lowest BCUT2D eigenvalue weighted by Crippen LogP contribution is -2.56. The first kappa shape index (κ1) is 41.4. The molecule has 4 N–H and O–H groups in total. The Morgan fingerprint density at radius 3 is 1.45 bits per heavy atom. The fourth-order valence-electron chi connectivity index (χ4n) is 11.6. The minimum Gasteiger partial charge on any atom is -0.511 e. The van der Waals surface area contributed by atoms with Crippen molar-refractivity contribution in [2.24, 2.45) is 32.5 Å². The second-order valence-electron chi connectivity index (χ2n) is 19.1. The highest BCUT2D eigenvalue weighted by Gasteiger charge is 2.60. The average molecular weight is 950 g/mol. The molecule has 65 heavy (non-hydrogen) atoms. The van der Waals surface area contributed by atoms with Crippen LogP contribution in [0.4, 0.5) is 22.7 Å². The number of carbonyl (C=O) groups is 2. The Morgan fingerprint density at radius 1 is 0.662 bits per heavy atom. The lowest BCUT2D eigenvalue weighted by Gasteiger charge is -2.42. The zero-order chi connectivity index (χ0) is 45.1. The first-order chi connectivity index (χ1) is 31.0. The number of rotatable bonds is 11. The van der Waals surface area contributed by atoms with Gasteiger partial charge in [0.15, 0.2) is 11.7 Å². The van der Waals surface area contributed by atoms with Gasteiger partial charge in [0.25, 0.3) is 31.9 Å². The van der Waals surface area contributed by atoms with Gasteiger partial charge >= 0.3 is 0 Å². The lowest BCUT2D eigenvalue weighted by atomic mass is 9.78. The summed E-state index contributed by atoms with van der Waals surface area (Å²) < 4.78 is 104. The predicted molar refractivity (Wildman–Crippen MR) is 234 cm³/mol. The Hall–Kier alpha value is -5.03. The highest BCUT2D eigenvalue weighted by atomic mass is 32.2. The van der Waals surface area contributed by atoms with E-state index in [1.807, 2.05) is 0 Å². The van der Waals surface area contributed by atoms with Crippen molar-refractivity contribution in [1.29, 1.82) is 0 Å². The van der Waals surface area contributed by atoms with Gasteiger partial charge in [0.1, 0.15) is 32.5 Å². The lowest BCUT2D eigenvalue weighted by molar-refractivity contribution is -0.133. The monoisotopic (exact) mass is 949 g/mol. The highest BCUT2D eigenvalue weighted by Crippen LogP contribution is 2.51. The van der Waals surface area contributed by atoms with Crippen LogP contribution in [0.15, 0.2) is 77.6 Å². The van der Waals surface area contributed by atoms with Crippen LogP contribution in [0.5, 0.6) is 0 Å². The van der Waals surface area contributed by atoms with Crippen molar-refractivity contribution in [2.45, 2.75) is 110 Å². The van der Waals surface area contributed by atoms with E-state index in [9.17, 15) is 45.1 Å². The van der Waals surface area contributed by atoms with E-state index in [1.165, 1.54) is 24.3 Å². The van der Waals surface area contributed by atoms with Gasteiger partial charge in [-0.1, -0.05) is 25.7 Å². The van der Waals surface area contributed by atoms with Crippen LogP contribution in [-0.2, 0) is 49.1 Å². The number of aliphatic hydroxyl groups excluding tert-OH is 2. The number of aliphatic hydroxyl groups is 2. The molecule has 6 fully saturated rings. The van der Waals surface area contributed by atoms with Gasteiger partial charge in [-0.05, 0) is 86.8 Å². The molecule has 2 amide bonds. The molecule has 0 radical (unpaired) electrons. The second-order valence-corrected chi connectivity index (χ2v) is 24.0. The van der Waals surface area contributed by atoms with Gasteiger partial charge in [-0.2, -0.15) is 16.8 Å². The number of sulfonamides is 3. The third kappa shape index (κ3) is 6.55. The maximum Gasteiger partial charge on any atom is 0.286 e. The molecule has 2 aromatic rings. The molecule has 10 aliphatic rings. The van der Waals surface area contributed by atoms with Crippen molar-refractivity contribution in [3.05, 3.63) is 59.1 Å². The number of carbonyl (C=O) groups excluding carboxylic acids is 2. The fraction of sp³-hybridized carbons (Fsp3) is 0.535. The molecule has 2 aliphatic carbocycles. The topological polar surface area (TPSA) is 254 Å². The number of fused-ring (bicyclic) bond motifs is 12. The molecule has 0 aromatic heterocycles. The number of amides is 2. The van der Waals surface area contributed by atoms with E-state index in [-0.39, 0.29) is 93.6 Å². The Balaban J connectivity index is 0.856. The quantitative estimate of drug-likeness (QED) is 0.250. The Bertz CT molecular complexity index is 2800. The van der Waals surface area contributed by atoms with E-state index in [4.69, 9.17) is 9.47 Å². The average Bonchev–Trinajstić information content (AvgIpc) is 4.06. The second kappa shape index (κ2) is 14.2. The Morgan fingerprint density at radius 2 is 1.06 bits per heavy atom. The normalized spacial score (nSPS) is 32.6. The number of nitrogens with zero attached hydrogens (tertiary/aromatic N) is 5. The van der Waals surface area contributed by atoms with Gasteiger partial charge < -0.3 is 40.1 Å². The minimum atomic E-state index is -4.64. The highest BCUT2D eigenvalue weighted by molar-refractivity contribution is 7.92. The third-order valence-corrected chi connectivity index (χ3v) is 18.6. The number of hydrogen-bond acceptors (Lipinski definition) is 14. The molecular formula is C43H47N7O12S3. The molecule has 8 heterocycles. The maximum absolute atomic E-state index is 14.2. The molecule has 0 spiro atoms. The summed E-state index contributed by atoms with van der Waals surface area (Å²) in [6.45, 7) is 0.862. The molecule has 19 nitrogen and oxygen atoms in total. The van der Waals surface area contributed by atoms with Gasteiger partial charge in [-0.25, -0.2) is 12.7 Å². The van der Waals surface area contributed by atoms with Crippen LogP contribution in [-0.4, -0.2) is 125 Å². The van der Waals surface area contributed by atoms with E-state index >= 15 is 0 Å². The van der Waals surface area contributed by atoms with Gasteiger partial charge in [-0.15, -0.1) is 8.80 Å². The standard InChI is InChI=1S/C43H47N7O12S3/c1-63(55,56)50(22-6-8-24-30(18-22)64(57,58)46-40(44-24)34-38(51)32-26-10-12-28(61-26)36(32)48(42(34)53)16-14-20-2-3-20)23-7-9-25-31(19-23)65(59,60)47-41(45-25)35-39(52)33-27-11-13-29(62-27)37(33)49(43(35)54)17-15-21-4-5-21/h6-9,18-21,26-29,32-33,36-37,51-52H,2-5,10-17H2,1H3,(H,44,46)(H,45,47). The van der Waals surface area contributed by atoms with Gasteiger partial charge in [-0.3, -0.25) is 9.59 Å². The Labute approximate surface area is 375 Å². The van der Waals surface area contributed by atoms with Crippen molar-refractivity contribution in [1.82, 2.24) is 9.80 Å². The predicted octanol–water partition coefficient (Wildman–Crippen LogP) is 3.81. The summed E-state index contributed by atoms with van der Waals surface area (Å²) in [6.07, 6.45) is 8.53. The number of ether oxygens (including phenoxy) is 2. The number of amidine groups is 2.